The van der Waals surface area contributed by atoms with Crippen molar-refractivity contribution in [2.24, 2.45) is 4.99 Å². The molecule has 1 aromatic carbocycles. The largest absolute Gasteiger partial charge is 0.359 e. The number of halogens is 2. The molecule has 1 N–H and O–H groups in total. The lowest BCUT2D eigenvalue weighted by molar-refractivity contribution is 0.482. The molecule has 0 atom stereocenters. The number of benzene rings is 1. The first kappa shape index (κ1) is 15.2. The molecule has 0 spiro atoms. The molecule has 0 aliphatic rings. The van der Waals surface area contributed by atoms with Crippen molar-refractivity contribution < 1.29 is 4.39 Å². The summed E-state index contributed by atoms with van der Waals surface area (Å²) >= 11 is 0. The van der Waals surface area contributed by atoms with Crippen LogP contribution >= 0.6 is 24.0 Å². The third-order valence-electron chi connectivity index (χ3n) is 2.13. The van der Waals surface area contributed by atoms with Crippen molar-refractivity contribution >= 4 is 29.9 Å². The Balaban J connectivity index is 0.00000225. The molecule has 0 unspecified atom stereocenters. The molecule has 0 aliphatic heterocycles. The number of hydrogen-bond donors (Lipinski definition) is 1. The maximum absolute atomic E-state index is 12.7. The van der Waals surface area contributed by atoms with E-state index < -0.39 is 0 Å². The van der Waals surface area contributed by atoms with Gasteiger partial charge in [-0.25, -0.2) is 4.39 Å². The van der Waals surface area contributed by atoms with Crippen molar-refractivity contribution in [3.05, 3.63) is 35.6 Å². The van der Waals surface area contributed by atoms with Crippen molar-refractivity contribution in [2.75, 3.05) is 21.1 Å². The van der Waals surface area contributed by atoms with Gasteiger partial charge in [0.1, 0.15) is 5.82 Å². The number of hydrogen-bond acceptors (Lipinski definition) is 1. The Hall–Kier alpha value is -0.850. The molecular formula is C11H17FIN3. The molecule has 90 valence electrons. The van der Waals surface area contributed by atoms with E-state index in [0.29, 0.717) is 6.54 Å². The SMILES string of the molecule is CN=C(NC)N(C)Cc1ccc(F)cc1.I. The molecule has 0 radical (unpaired) electrons. The number of rotatable bonds is 2. The van der Waals surface area contributed by atoms with Crippen LogP contribution in [0.4, 0.5) is 4.39 Å². The van der Waals surface area contributed by atoms with E-state index in [1.165, 1.54) is 12.1 Å². The Morgan fingerprint density at radius 3 is 2.38 bits per heavy atom. The number of nitrogens with zero attached hydrogens (tertiary/aromatic N) is 2. The van der Waals surface area contributed by atoms with Gasteiger partial charge in [-0.05, 0) is 17.7 Å². The van der Waals surface area contributed by atoms with Gasteiger partial charge in [0.2, 0.25) is 0 Å². The second-order valence-electron chi connectivity index (χ2n) is 3.28. The predicted molar refractivity (Wildman–Crippen MR) is 75.7 cm³/mol. The first-order valence-electron chi connectivity index (χ1n) is 4.77. The zero-order chi connectivity index (χ0) is 11.3. The summed E-state index contributed by atoms with van der Waals surface area (Å²) in [4.78, 5) is 6.04. The Kier molecular flexibility index (Phi) is 7.03. The van der Waals surface area contributed by atoms with Crippen LogP contribution in [0, 0.1) is 5.82 Å². The summed E-state index contributed by atoms with van der Waals surface area (Å²) < 4.78 is 12.7. The van der Waals surface area contributed by atoms with E-state index in [-0.39, 0.29) is 29.8 Å². The van der Waals surface area contributed by atoms with Gasteiger partial charge >= 0.3 is 0 Å². The molecule has 3 nitrogen and oxygen atoms in total. The van der Waals surface area contributed by atoms with E-state index in [0.717, 1.165) is 11.5 Å². The standard InChI is InChI=1S/C11H16FN3.HI/c1-13-11(14-2)15(3)8-9-4-6-10(12)7-5-9;/h4-7H,8H2,1-3H3,(H,13,14);1H. The highest BCUT2D eigenvalue weighted by Gasteiger charge is 2.03. The molecule has 5 heteroatoms. The summed E-state index contributed by atoms with van der Waals surface area (Å²) in [5.41, 5.74) is 1.05. The number of guanidine groups is 1. The Morgan fingerprint density at radius 2 is 1.94 bits per heavy atom. The van der Waals surface area contributed by atoms with Crippen LogP contribution in [0.15, 0.2) is 29.3 Å². The molecule has 16 heavy (non-hydrogen) atoms. The summed E-state index contributed by atoms with van der Waals surface area (Å²) in [5, 5.41) is 2.98. The minimum atomic E-state index is -0.209. The van der Waals surface area contributed by atoms with E-state index in [1.54, 1.807) is 19.2 Å². The van der Waals surface area contributed by atoms with Gasteiger partial charge in [-0.2, -0.15) is 0 Å². The summed E-state index contributed by atoms with van der Waals surface area (Å²) in [6.45, 7) is 0.702. The Bertz CT molecular complexity index is 338. The van der Waals surface area contributed by atoms with Gasteiger partial charge in [-0.1, -0.05) is 12.1 Å². The quantitative estimate of drug-likeness (QED) is 0.508. The van der Waals surface area contributed by atoms with Gasteiger partial charge in [-0.15, -0.1) is 24.0 Å². The minimum Gasteiger partial charge on any atom is -0.359 e. The third-order valence-corrected chi connectivity index (χ3v) is 2.13. The van der Waals surface area contributed by atoms with E-state index in [9.17, 15) is 4.39 Å². The minimum absolute atomic E-state index is 0. The van der Waals surface area contributed by atoms with Crippen molar-refractivity contribution in [2.45, 2.75) is 6.54 Å². The number of aliphatic imine (C=N–C) groups is 1. The van der Waals surface area contributed by atoms with Crippen LogP contribution in [-0.4, -0.2) is 32.0 Å². The van der Waals surface area contributed by atoms with Gasteiger partial charge in [0.05, 0.1) is 0 Å². The molecule has 0 bridgehead atoms. The van der Waals surface area contributed by atoms with Crippen molar-refractivity contribution in [3.8, 4) is 0 Å². The monoisotopic (exact) mass is 337 g/mol. The van der Waals surface area contributed by atoms with Crippen LogP contribution in [0.2, 0.25) is 0 Å². The molecule has 0 aromatic heterocycles. The zero-order valence-electron chi connectivity index (χ0n) is 9.70. The summed E-state index contributed by atoms with van der Waals surface area (Å²) in [6.07, 6.45) is 0. The normalized spacial score (nSPS) is 10.6. The summed E-state index contributed by atoms with van der Waals surface area (Å²) in [6, 6.07) is 6.47. The predicted octanol–water partition coefficient (Wildman–Crippen LogP) is 2.08. The molecule has 0 heterocycles. The van der Waals surface area contributed by atoms with Gasteiger partial charge in [0, 0.05) is 27.7 Å². The molecule has 1 aromatic rings. The van der Waals surface area contributed by atoms with Crippen LogP contribution < -0.4 is 5.32 Å². The molecule has 0 fully saturated rings. The van der Waals surface area contributed by atoms with E-state index in [4.69, 9.17) is 0 Å². The first-order chi connectivity index (χ1) is 7.17. The van der Waals surface area contributed by atoms with Crippen LogP contribution in [0.25, 0.3) is 0 Å². The van der Waals surface area contributed by atoms with Gasteiger partial charge in [-0.3, -0.25) is 4.99 Å². The van der Waals surface area contributed by atoms with E-state index in [2.05, 4.69) is 10.3 Å². The van der Waals surface area contributed by atoms with Gasteiger partial charge < -0.3 is 10.2 Å². The Labute approximate surface area is 113 Å². The average molecular weight is 337 g/mol. The smallest absolute Gasteiger partial charge is 0.193 e. The number of nitrogens with one attached hydrogen (secondary N) is 1. The highest BCUT2D eigenvalue weighted by atomic mass is 127. The molecule has 0 aliphatic carbocycles. The molecule has 1 rings (SSSR count). The Morgan fingerprint density at radius 1 is 1.38 bits per heavy atom. The second kappa shape index (κ2) is 7.43. The lowest BCUT2D eigenvalue weighted by atomic mass is 10.2. The maximum atomic E-state index is 12.7. The lowest BCUT2D eigenvalue weighted by Crippen LogP contribution is -2.36. The topological polar surface area (TPSA) is 27.6 Å². The molecule has 0 amide bonds. The van der Waals surface area contributed by atoms with Crippen molar-refractivity contribution in [1.82, 2.24) is 10.2 Å². The van der Waals surface area contributed by atoms with Crippen molar-refractivity contribution in [1.29, 1.82) is 0 Å². The van der Waals surface area contributed by atoms with Gasteiger partial charge in [0.25, 0.3) is 0 Å². The molecule has 0 saturated heterocycles. The maximum Gasteiger partial charge on any atom is 0.193 e. The van der Waals surface area contributed by atoms with Crippen LogP contribution in [0.5, 0.6) is 0 Å². The second-order valence-corrected chi connectivity index (χ2v) is 3.28. The van der Waals surface area contributed by atoms with Crippen LogP contribution in [0.3, 0.4) is 0 Å². The van der Waals surface area contributed by atoms with Crippen LogP contribution in [-0.2, 0) is 6.54 Å². The molecular weight excluding hydrogens is 320 g/mol. The van der Waals surface area contributed by atoms with E-state index >= 15 is 0 Å². The first-order valence-corrected chi connectivity index (χ1v) is 4.77. The lowest BCUT2D eigenvalue weighted by Gasteiger charge is -2.20. The van der Waals surface area contributed by atoms with Crippen molar-refractivity contribution in [3.63, 3.8) is 0 Å². The highest BCUT2D eigenvalue weighted by molar-refractivity contribution is 14.0. The summed E-state index contributed by atoms with van der Waals surface area (Å²) in [7, 11) is 5.48. The van der Waals surface area contributed by atoms with Crippen LogP contribution in [0.1, 0.15) is 5.56 Å². The fourth-order valence-electron chi connectivity index (χ4n) is 1.41. The zero-order valence-corrected chi connectivity index (χ0v) is 12.0. The molecule has 0 saturated carbocycles. The summed E-state index contributed by atoms with van der Waals surface area (Å²) in [5.74, 6) is 0.596. The highest BCUT2D eigenvalue weighted by Crippen LogP contribution is 2.05. The average Bonchev–Trinajstić information content (AvgIpc) is 2.23. The fourth-order valence-corrected chi connectivity index (χ4v) is 1.41. The van der Waals surface area contributed by atoms with Gasteiger partial charge in [0.15, 0.2) is 5.96 Å². The third kappa shape index (κ3) is 4.34. The fraction of sp³-hybridized carbons (Fsp3) is 0.364. The van der Waals surface area contributed by atoms with E-state index in [1.807, 2.05) is 19.0 Å².